The third-order valence-corrected chi connectivity index (χ3v) is 21.2. The van der Waals surface area contributed by atoms with Crippen LogP contribution in [0.3, 0.4) is 0 Å². The van der Waals surface area contributed by atoms with Crippen molar-refractivity contribution < 1.29 is 80.2 Å². The van der Waals surface area contributed by atoms with Crippen molar-refractivity contribution in [3.05, 3.63) is 0 Å². The van der Waals surface area contributed by atoms with Gasteiger partial charge < -0.3 is 33.8 Å². The lowest BCUT2D eigenvalue weighted by molar-refractivity contribution is -0.161. The summed E-state index contributed by atoms with van der Waals surface area (Å²) >= 11 is 0. The molecule has 0 aliphatic heterocycles. The topological polar surface area (TPSA) is 237 Å². The number of unbranched alkanes of at least 4 members (excludes halogenated alkanes) is 54. The molecule has 19 heteroatoms. The molecule has 0 rings (SSSR count). The molecule has 0 aromatic carbocycles. The van der Waals surface area contributed by atoms with Gasteiger partial charge in [-0.1, -0.05) is 388 Å². The summed E-state index contributed by atoms with van der Waals surface area (Å²) in [5, 5.41) is 10.6. The molecule has 0 aliphatic carbocycles. The van der Waals surface area contributed by atoms with Crippen molar-refractivity contribution in [2.45, 2.75) is 457 Å². The van der Waals surface area contributed by atoms with E-state index in [0.717, 1.165) is 109 Å². The fourth-order valence-corrected chi connectivity index (χ4v) is 14.3. The number of esters is 4. The van der Waals surface area contributed by atoms with E-state index in [4.69, 9.17) is 37.0 Å². The van der Waals surface area contributed by atoms with Crippen molar-refractivity contribution in [3.63, 3.8) is 0 Å². The number of rotatable bonds is 82. The molecule has 0 heterocycles. The summed E-state index contributed by atoms with van der Waals surface area (Å²) < 4.78 is 68.6. The number of hydrogen-bond donors (Lipinski definition) is 3. The second-order valence-corrected chi connectivity index (χ2v) is 32.9. The van der Waals surface area contributed by atoms with Gasteiger partial charge >= 0.3 is 39.5 Å². The molecule has 0 saturated heterocycles. The van der Waals surface area contributed by atoms with Crippen LogP contribution in [0.25, 0.3) is 0 Å². The monoisotopic (exact) mass is 1480 g/mol. The van der Waals surface area contributed by atoms with Crippen molar-refractivity contribution in [1.29, 1.82) is 0 Å². The Morgan fingerprint density at radius 2 is 0.455 bits per heavy atom. The van der Waals surface area contributed by atoms with E-state index in [2.05, 4.69) is 34.6 Å². The van der Waals surface area contributed by atoms with E-state index in [9.17, 15) is 43.2 Å². The van der Waals surface area contributed by atoms with Gasteiger partial charge in [0.2, 0.25) is 0 Å². The summed E-state index contributed by atoms with van der Waals surface area (Å²) in [4.78, 5) is 72.9. The highest BCUT2D eigenvalue weighted by atomic mass is 31.2. The van der Waals surface area contributed by atoms with Crippen LogP contribution in [0.2, 0.25) is 0 Å². The maximum atomic E-state index is 13.1. The molecule has 0 aromatic rings. The SMILES string of the molecule is CCCCCCCCCCCCCCCCCCCCCCC(=O)OC[C@H](COP(=O)(O)OC[C@@H](O)COP(=O)(O)OC[C@@H](COC(=O)CCCCCCCCC)OC(=O)CCCCCCCCCCCCCC(C)C)OC(=O)CCCCCCCCCCCCCCCCCCCCCC. The molecule has 0 bridgehead atoms. The molecule has 101 heavy (non-hydrogen) atoms. The van der Waals surface area contributed by atoms with E-state index in [1.54, 1.807) is 0 Å². The maximum Gasteiger partial charge on any atom is 0.472 e. The Kier molecular flexibility index (Phi) is 73.5. The molecule has 0 spiro atoms. The Morgan fingerprint density at radius 3 is 0.673 bits per heavy atom. The zero-order valence-corrected chi connectivity index (χ0v) is 67.8. The molecular weight excluding hydrogens is 1320 g/mol. The van der Waals surface area contributed by atoms with Gasteiger partial charge in [0.05, 0.1) is 26.4 Å². The molecule has 600 valence electrons. The summed E-state index contributed by atoms with van der Waals surface area (Å²) in [6.07, 6.45) is 66.9. The highest BCUT2D eigenvalue weighted by molar-refractivity contribution is 7.47. The highest BCUT2D eigenvalue weighted by Gasteiger charge is 2.30. The minimum absolute atomic E-state index is 0.107. The van der Waals surface area contributed by atoms with Crippen LogP contribution >= 0.6 is 15.6 Å². The molecule has 0 amide bonds. The third-order valence-electron chi connectivity index (χ3n) is 19.3. The first-order valence-electron chi connectivity index (χ1n) is 42.6. The van der Waals surface area contributed by atoms with Gasteiger partial charge in [-0.3, -0.25) is 37.3 Å². The molecular formula is C82H160O17P2. The largest absolute Gasteiger partial charge is 0.472 e. The van der Waals surface area contributed by atoms with Crippen molar-refractivity contribution in [2.75, 3.05) is 39.6 Å². The predicted octanol–water partition coefficient (Wildman–Crippen LogP) is 24.8. The Morgan fingerprint density at radius 1 is 0.267 bits per heavy atom. The summed E-state index contributed by atoms with van der Waals surface area (Å²) in [6, 6.07) is 0. The fraction of sp³-hybridized carbons (Fsp3) is 0.951. The predicted molar refractivity (Wildman–Crippen MR) is 414 cm³/mol. The lowest BCUT2D eigenvalue weighted by Crippen LogP contribution is -2.30. The van der Waals surface area contributed by atoms with Gasteiger partial charge in [0, 0.05) is 25.7 Å². The van der Waals surface area contributed by atoms with Crippen molar-refractivity contribution in [1.82, 2.24) is 0 Å². The van der Waals surface area contributed by atoms with Gasteiger partial charge in [-0.25, -0.2) is 9.13 Å². The quantitative estimate of drug-likeness (QED) is 0.0222. The van der Waals surface area contributed by atoms with E-state index in [1.165, 1.54) is 250 Å². The molecule has 0 saturated carbocycles. The number of phosphoric ester groups is 2. The average molecular weight is 1480 g/mol. The molecule has 0 aromatic heterocycles. The normalized spacial score (nSPS) is 13.8. The van der Waals surface area contributed by atoms with Crippen LogP contribution in [0.1, 0.15) is 439 Å². The number of aliphatic hydroxyl groups excluding tert-OH is 1. The van der Waals surface area contributed by atoms with Crippen LogP contribution in [-0.4, -0.2) is 96.7 Å². The van der Waals surface area contributed by atoms with E-state index in [-0.39, 0.29) is 25.7 Å². The van der Waals surface area contributed by atoms with Gasteiger partial charge in [-0.15, -0.1) is 0 Å². The van der Waals surface area contributed by atoms with Crippen LogP contribution in [0.4, 0.5) is 0 Å². The lowest BCUT2D eigenvalue weighted by atomic mass is 10.0. The standard InChI is InChI=1S/C82H160O17P2/c1-6-9-12-15-18-20-22-24-26-28-30-32-34-36-38-42-46-51-56-61-66-80(85)93-72-78(99-81(86)67-62-57-52-47-43-39-37-35-33-31-29-27-25-23-21-19-16-13-10-7-2)74-97-101(90,91)95-70-76(83)69-94-100(88,89)96-73-77(71-92-79(84)65-60-55-49-17-14-11-8-3)98-82(87)68-63-58-53-48-44-40-41-45-50-54-59-64-75(4)5/h75-78,83H,6-74H2,1-5H3,(H,88,89)(H,90,91)/t76-,77+,78+/m0/s1. The van der Waals surface area contributed by atoms with E-state index in [0.29, 0.717) is 25.7 Å². The number of ether oxygens (including phenoxy) is 4. The van der Waals surface area contributed by atoms with Crippen LogP contribution < -0.4 is 0 Å². The van der Waals surface area contributed by atoms with E-state index >= 15 is 0 Å². The summed E-state index contributed by atoms with van der Waals surface area (Å²) in [5.74, 6) is -1.35. The Bertz CT molecular complexity index is 1930. The van der Waals surface area contributed by atoms with E-state index < -0.39 is 97.5 Å². The van der Waals surface area contributed by atoms with Gasteiger partial charge in [0.15, 0.2) is 12.2 Å². The zero-order valence-electron chi connectivity index (χ0n) is 66.1. The highest BCUT2D eigenvalue weighted by Crippen LogP contribution is 2.45. The molecule has 0 radical (unpaired) electrons. The summed E-state index contributed by atoms with van der Waals surface area (Å²) in [5.41, 5.74) is 0. The summed E-state index contributed by atoms with van der Waals surface area (Å²) in [7, 11) is -9.91. The first-order chi connectivity index (χ1) is 49.0. The Labute approximate surface area is 619 Å². The van der Waals surface area contributed by atoms with Crippen LogP contribution in [0, 0.1) is 5.92 Å². The fourth-order valence-electron chi connectivity index (χ4n) is 12.8. The number of hydrogen-bond acceptors (Lipinski definition) is 15. The number of phosphoric acid groups is 2. The third kappa shape index (κ3) is 76.1. The molecule has 0 aliphatic rings. The Hall–Kier alpha value is -1.94. The molecule has 2 unspecified atom stereocenters. The van der Waals surface area contributed by atoms with Crippen LogP contribution in [0.15, 0.2) is 0 Å². The number of carbonyl (C=O) groups excluding carboxylic acids is 4. The van der Waals surface area contributed by atoms with Gasteiger partial charge in [-0.2, -0.15) is 0 Å². The van der Waals surface area contributed by atoms with Crippen LogP contribution in [-0.2, 0) is 65.4 Å². The average Bonchev–Trinajstić information content (AvgIpc) is 0.959. The van der Waals surface area contributed by atoms with Crippen molar-refractivity contribution in [2.24, 2.45) is 5.92 Å². The minimum atomic E-state index is -4.96. The molecule has 17 nitrogen and oxygen atoms in total. The number of aliphatic hydroxyl groups is 1. The van der Waals surface area contributed by atoms with Gasteiger partial charge in [0.25, 0.3) is 0 Å². The second-order valence-electron chi connectivity index (χ2n) is 30.0. The lowest BCUT2D eigenvalue weighted by Gasteiger charge is -2.21. The van der Waals surface area contributed by atoms with Crippen LogP contribution in [0.5, 0.6) is 0 Å². The second kappa shape index (κ2) is 74.9. The maximum absolute atomic E-state index is 13.1. The van der Waals surface area contributed by atoms with Gasteiger partial charge in [-0.05, 0) is 31.6 Å². The van der Waals surface area contributed by atoms with Crippen molar-refractivity contribution in [3.8, 4) is 0 Å². The first-order valence-corrected chi connectivity index (χ1v) is 45.6. The zero-order chi connectivity index (χ0) is 74.1. The molecule has 5 atom stereocenters. The summed E-state index contributed by atoms with van der Waals surface area (Å²) in [6.45, 7) is 7.29. The smallest absolute Gasteiger partial charge is 0.462 e. The van der Waals surface area contributed by atoms with Gasteiger partial charge in [0.1, 0.15) is 19.3 Å². The Balaban J connectivity index is 5.16. The van der Waals surface area contributed by atoms with Crippen molar-refractivity contribution >= 4 is 39.5 Å². The minimum Gasteiger partial charge on any atom is -0.462 e. The van der Waals surface area contributed by atoms with E-state index in [1.807, 2.05) is 0 Å². The number of carbonyl (C=O) groups is 4. The molecule has 3 N–H and O–H groups in total. The molecule has 0 fully saturated rings. The first kappa shape index (κ1) is 99.1.